The molecule has 0 amide bonds. The van der Waals surface area contributed by atoms with Gasteiger partial charge >= 0.3 is 0 Å². The zero-order valence-corrected chi connectivity index (χ0v) is 13.6. The molecule has 0 aliphatic carbocycles. The number of phenolic OH excluding ortho intramolecular Hbond substituents is 1. The van der Waals surface area contributed by atoms with Gasteiger partial charge in [-0.05, 0) is 55.0 Å². The van der Waals surface area contributed by atoms with Crippen molar-refractivity contribution in [2.24, 2.45) is 0 Å². The Labute approximate surface area is 144 Å². The molecule has 4 nitrogen and oxygen atoms in total. The van der Waals surface area contributed by atoms with Crippen LogP contribution in [-0.4, -0.2) is 14.5 Å². The number of aromatic nitrogens is 2. The first-order chi connectivity index (χ1) is 12.1. The lowest BCUT2D eigenvalue weighted by Gasteiger charge is -2.09. The summed E-state index contributed by atoms with van der Waals surface area (Å²) < 4.78 is 15.1. The van der Waals surface area contributed by atoms with Crippen molar-refractivity contribution in [1.82, 2.24) is 9.38 Å². The SMILES string of the molecule is Cc1ccc2nc(-c3cccc(O)c3)c(Nc3ccc(F)cc3)n2c1. The van der Waals surface area contributed by atoms with E-state index in [1.807, 2.05) is 35.7 Å². The predicted octanol–water partition coefficient (Wildman–Crippen LogP) is 4.90. The molecule has 5 heteroatoms. The maximum atomic E-state index is 13.2. The van der Waals surface area contributed by atoms with Gasteiger partial charge in [0.2, 0.25) is 0 Å². The molecule has 0 saturated carbocycles. The highest BCUT2D eigenvalue weighted by Gasteiger charge is 2.15. The number of hydrogen-bond acceptors (Lipinski definition) is 3. The lowest BCUT2D eigenvalue weighted by Crippen LogP contribution is -1.97. The first kappa shape index (κ1) is 15.2. The minimum atomic E-state index is -0.284. The van der Waals surface area contributed by atoms with Crippen LogP contribution in [0.25, 0.3) is 16.9 Å². The molecule has 4 aromatic rings. The van der Waals surface area contributed by atoms with Crippen molar-refractivity contribution in [3.63, 3.8) is 0 Å². The summed E-state index contributed by atoms with van der Waals surface area (Å²) in [6.07, 6.45) is 1.99. The third kappa shape index (κ3) is 2.92. The molecule has 2 heterocycles. The molecule has 2 aromatic carbocycles. The first-order valence-corrected chi connectivity index (χ1v) is 7.91. The summed E-state index contributed by atoms with van der Waals surface area (Å²) >= 11 is 0. The molecule has 0 aliphatic rings. The van der Waals surface area contributed by atoms with Crippen LogP contribution < -0.4 is 5.32 Å². The number of benzene rings is 2. The van der Waals surface area contributed by atoms with Gasteiger partial charge in [0.05, 0.1) is 0 Å². The topological polar surface area (TPSA) is 49.6 Å². The van der Waals surface area contributed by atoms with E-state index < -0.39 is 0 Å². The molecule has 0 fully saturated rings. The molecule has 0 bridgehead atoms. The number of fused-ring (bicyclic) bond motifs is 1. The minimum Gasteiger partial charge on any atom is -0.508 e. The molecular weight excluding hydrogens is 317 g/mol. The molecule has 25 heavy (non-hydrogen) atoms. The molecule has 0 saturated heterocycles. The number of aryl methyl sites for hydroxylation is 1. The van der Waals surface area contributed by atoms with E-state index in [1.54, 1.807) is 30.3 Å². The van der Waals surface area contributed by atoms with Gasteiger partial charge in [-0.3, -0.25) is 4.40 Å². The van der Waals surface area contributed by atoms with Gasteiger partial charge in [0.1, 0.15) is 28.7 Å². The average Bonchev–Trinajstić information content (AvgIpc) is 2.95. The van der Waals surface area contributed by atoms with E-state index in [0.29, 0.717) is 5.69 Å². The summed E-state index contributed by atoms with van der Waals surface area (Å²) in [6, 6.07) is 17.1. The second-order valence-electron chi connectivity index (χ2n) is 5.93. The number of imidazole rings is 1. The highest BCUT2D eigenvalue weighted by Crippen LogP contribution is 2.32. The lowest BCUT2D eigenvalue weighted by molar-refractivity contribution is 0.475. The van der Waals surface area contributed by atoms with Gasteiger partial charge in [-0.1, -0.05) is 18.2 Å². The molecule has 0 radical (unpaired) electrons. The van der Waals surface area contributed by atoms with Crippen LogP contribution >= 0.6 is 0 Å². The van der Waals surface area contributed by atoms with Crippen LogP contribution in [0.4, 0.5) is 15.9 Å². The summed E-state index contributed by atoms with van der Waals surface area (Å²) in [4.78, 5) is 4.69. The van der Waals surface area contributed by atoms with Crippen molar-refractivity contribution >= 4 is 17.2 Å². The van der Waals surface area contributed by atoms with Gasteiger partial charge in [-0.25, -0.2) is 9.37 Å². The summed E-state index contributed by atoms with van der Waals surface area (Å²) in [6.45, 7) is 2.01. The molecule has 0 atom stereocenters. The fraction of sp³-hybridized carbons (Fsp3) is 0.0500. The number of pyridine rings is 1. The number of phenols is 1. The van der Waals surface area contributed by atoms with Crippen LogP contribution in [0, 0.1) is 12.7 Å². The highest BCUT2D eigenvalue weighted by molar-refractivity contribution is 5.80. The van der Waals surface area contributed by atoms with Crippen molar-refractivity contribution in [3.8, 4) is 17.0 Å². The number of nitrogens with zero attached hydrogens (tertiary/aromatic N) is 2. The molecule has 2 N–H and O–H groups in total. The highest BCUT2D eigenvalue weighted by atomic mass is 19.1. The minimum absolute atomic E-state index is 0.179. The lowest BCUT2D eigenvalue weighted by atomic mass is 10.1. The Balaban J connectivity index is 1.91. The van der Waals surface area contributed by atoms with E-state index in [4.69, 9.17) is 4.98 Å². The normalized spacial score (nSPS) is 11.0. The maximum absolute atomic E-state index is 13.2. The Morgan fingerprint density at radius 3 is 2.60 bits per heavy atom. The van der Waals surface area contributed by atoms with Crippen molar-refractivity contribution in [3.05, 3.63) is 78.2 Å². The fourth-order valence-electron chi connectivity index (χ4n) is 2.79. The van der Waals surface area contributed by atoms with Crippen LogP contribution in [0.1, 0.15) is 5.56 Å². The fourth-order valence-corrected chi connectivity index (χ4v) is 2.79. The third-order valence-electron chi connectivity index (χ3n) is 3.99. The monoisotopic (exact) mass is 333 g/mol. The molecule has 124 valence electrons. The summed E-state index contributed by atoms with van der Waals surface area (Å²) in [5.74, 6) is 0.655. The Bertz CT molecular complexity index is 1050. The molecular formula is C20H16FN3O. The quantitative estimate of drug-likeness (QED) is 0.561. The van der Waals surface area contributed by atoms with Crippen molar-refractivity contribution < 1.29 is 9.50 Å². The van der Waals surface area contributed by atoms with Crippen LogP contribution in [0.2, 0.25) is 0 Å². The number of anilines is 2. The van der Waals surface area contributed by atoms with Gasteiger partial charge in [-0.2, -0.15) is 0 Å². The molecule has 4 rings (SSSR count). The second-order valence-corrected chi connectivity index (χ2v) is 5.93. The molecule has 0 spiro atoms. The Hall–Kier alpha value is -3.34. The smallest absolute Gasteiger partial charge is 0.143 e. The van der Waals surface area contributed by atoms with E-state index in [9.17, 15) is 9.50 Å². The summed E-state index contributed by atoms with van der Waals surface area (Å²) in [5, 5.41) is 13.1. The van der Waals surface area contributed by atoms with Crippen LogP contribution in [0.5, 0.6) is 5.75 Å². The number of aromatic hydroxyl groups is 1. The second kappa shape index (κ2) is 5.94. The van der Waals surface area contributed by atoms with Crippen molar-refractivity contribution in [2.45, 2.75) is 6.92 Å². The standard InChI is InChI=1S/C20H16FN3O/c1-13-5-10-18-23-19(14-3-2-4-17(25)11-14)20(24(18)12-13)22-16-8-6-15(21)7-9-16/h2-12,22,25H,1H3. The van der Waals surface area contributed by atoms with Gasteiger partial charge in [0.25, 0.3) is 0 Å². The van der Waals surface area contributed by atoms with Gasteiger partial charge < -0.3 is 10.4 Å². The van der Waals surface area contributed by atoms with Crippen LogP contribution in [-0.2, 0) is 0 Å². The number of rotatable bonds is 3. The zero-order chi connectivity index (χ0) is 17.4. The number of nitrogens with one attached hydrogen (secondary N) is 1. The Morgan fingerprint density at radius 1 is 1.04 bits per heavy atom. The third-order valence-corrected chi connectivity index (χ3v) is 3.99. The maximum Gasteiger partial charge on any atom is 0.143 e. The van der Waals surface area contributed by atoms with E-state index in [1.165, 1.54) is 12.1 Å². The van der Waals surface area contributed by atoms with E-state index in [0.717, 1.165) is 28.3 Å². The Morgan fingerprint density at radius 2 is 1.84 bits per heavy atom. The number of hydrogen-bond donors (Lipinski definition) is 2. The Kier molecular flexibility index (Phi) is 3.61. The first-order valence-electron chi connectivity index (χ1n) is 7.91. The van der Waals surface area contributed by atoms with Crippen molar-refractivity contribution in [2.75, 3.05) is 5.32 Å². The van der Waals surface area contributed by atoms with Crippen molar-refractivity contribution in [1.29, 1.82) is 0 Å². The molecule has 0 unspecified atom stereocenters. The van der Waals surface area contributed by atoms with Gasteiger partial charge in [0, 0.05) is 17.4 Å². The average molecular weight is 333 g/mol. The largest absolute Gasteiger partial charge is 0.508 e. The number of halogens is 1. The van der Waals surface area contributed by atoms with Gasteiger partial charge in [0.15, 0.2) is 0 Å². The van der Waals surface area contributed by atoms with Crippen LogP contribution in [0.3, 0.4) is 0 Å². The molecule has 0 aliphatic heterocycles. The van der Waals surface area contributed by atoms with Crippen LogP contribution in [0.15, 0.2) is 66.9 Å². The summed E-state index contributed by atoms with van der Waals surface area (Å²) in [7, 11) is 0. The van der Waals surface area contributed by atoms with E-state index >= 15 is 0 Å². The zero-order valence-electron chi connectivity index (χ0n) is 13.6. The predicted molar refractivity (Wildman–Crippen MR) is 96.7 cm³/mol. The molecule has 2 aromatic heterocycles. The van der Waals surface area contributed by atoms with E-state index in [2.05, 4.69) is 5.32 Å². The van der Waals surface area contributed by atoms with E-state index in [-0.39, 0.29) is 11.6 Å². The van der Waals surface area contributed by atoms with Gasteiger partial charge in [-0.15, -0.1) is 0 Å². The summed E-state index contributed by atoms with van der Waals surface area (Å²) in [5.41, 5.74) is 4.14.